The van der Waals surface area contributed by atoms with Gasteiger partial charge in [0, 0.05) is 26.2 Å². The fraction of sp³-hybridized carbons (Fsp3) is 0.583. The maximum atomic E-state index is 12.5. The van der Waals surface area contributed by atoms with Gasteiger partial charge in [-0.2, -0.15) is 4.31 Å². The average molecular weight is 353 g/mol. The SMILES string of the molecule is Cc1cc(S(=O)(=O)N2CCN(C(C)C(=O)O)CC2)sc1Cl. The van der Waals surface area contributed by atoms with Crippen LogP contribution in [0.2, 0.25) is 4.34 Å². The fourth-order valence-corrected chi connectivity index (χ4v) is 5.46. The van der Waals surface area contributed by atoms with Crippen molar-refractivity contribution in [3.63, 3.8) is 0 Å². The largest absolute Gasteiger partial charge is 0.480 e. The number of nitrogens with zero attached hydrogens (tertiary/aromatic N) is 2. The van der Waals surface area contributed by atoms with Gasteiger partial charge in [0.05, 0.1) is 4.34 Å². The van der Waals surface area contributed by atoms with Crippen LogP contribution in [0.1, 0.15) is 12.5 Å². The summed E-state index contributed by atoms with van der Waals surface area (Å²) < 4.78 is 27.1. The lowest BCUT2D eigenvalue weighted by Crippen LogP contribution is -2.52. The first-order chi connectivity index (χ1) is 9.73. The van der Waals surface area contributed by atoms with Gasteiger partial charge >= 0.3 is 5.97 Å². The molecule has 1 aromatic rings. The number of aliphatic carboxylic acids is 1. The highest BCUT2D eigenvalue weighted by Crippen LogP contribution is 2.32. The summed E-state index contributed by atoms with van der Waals surface area (Å²) in [5, 5.41) is 8.98. The number of hydrogen-bond donors (Lipinski definition) is 1. The molecular weight excluding hydrogens is 336 g/mol. The van der Waals surface area contributed by atoms with E-state index in [1.54, 1.807) is 24.8 Å². The molecule has 0 bridgehead atoms. The number of halogens is 1. The van der Waals surface area contributed by atoms with Gasteiger partial charge in [-0.3, -0.25) is 9.69 Å². The molecule has 0 radical (unpaired) electrons. The average Bonchev–Trinajstić information content (AvgIpc) is 2.78. The van der Waals surface area contributed by atoms with Gasteiger partial charge in [-0.1, -0.05) is 11.6 Å². The smallest absolute Gasteiger partial charge is 0.320 e. The number of carboxylic acid groups (broad SMARTS) is 1. The molecule has 1 aliphatic rings. The number of carboxylic acids is 1. The molecular formula is C12H17ClN2O4S2. The van der Waals surface area contributed by atoms with Crippen LogP contribution in [0, 0.1) is 6.92 Å². The number of thiophene rings is 1. The van der Waals surface area contributed by atoms with Crippen molar-refractivity contribution in [2.45, 2.75) is 24.1 Å². The van der Waals surface area contributed by atoms with Gasteiger partial charge in [-0.15, -0.1) is 11.3 Å². The summed E-state index contributed by atoms with van der Waals surface area (Å²) in [7, 11) is -3.54. The second-order valence-corrected chi connectivity index (χ2v) is 8.80. The van der Waals surface area contributed by atoms with Crippen LogP contribution in [0.4, 0.5) is 0 Å². The zero-order valence-electron chi connectivity index (χ0n) is 11.7. The first-order valence-electron chi connectivity index (χ1n) is 6.46. The lowest BCUT2D eigenvalue weighted by molar-refractivity contribution is -0.143. The van der Waals surface area contributed by atoms with E-state index in [2.05, 4.69) is 0 Å². The Bertz CT molecular complexity index is 616. The zero-order valence-corrected chi connectivity index (χ0v) is 14.1. The highest BCUT2D eigenvalue weighted by Gasteiger charge is 2.32. The Morgan fingerprint density at radius 2 is 1.95 bits per heavy atom. The van der Waals surface area contributed by atoms with Crippen molar-refractivity contribution < 1.29 is 18.3 Å². The zero-order chi connectivity index (χ0) is 15.8. The van der Waals surface area contributed by atoms with E-state index in [0.717, 1.165) is 16.9 Å². The fourth-order valence-electron chi connectivity index (χ4n) is 2.17. The van der Waals surface area contributed by atoms with Crippen molar-refractivity contribution in [3.8, 4) is 0 Å². The summed E-state index contributed by atoms with van der Waals surface area (Å²) in [5.41, 5.74) is 0.748. The molecule has 0 amide bonds. The van der Waals surface area contributed by atoms with E-state index in [1.165, 1.54) is 4.31 Å². The topological polar surface area (TPSA) is 77.9 Å². The van der Waals surface area contributed by atoms with Crippen molar-refractivity contribution >= 4 is 38.9 Å². The Morgan fingerprint density at radius 3 is 2.38 bits per heavy atom. The number of rotatable bonds is 4. The van der Waals surface area contributed by atoms with E-state index in [4.69, 9.17) is 16.7 Å². The molecule has 1 unspecified atom stereocenters. The van der Waals surface area contributed by atoms with Gasteiger partial charge in [-0.25, -0.2) is 8.42 Å². The third-order valence-electron chi connectivity index (χ3n) is 3.61. The molecule has 21 heavy (non-hydrogen) atoms. The van der Waals surface area contributed by atoms with Gasteiger partial charge in [0.1, 0.15) is 10.3 Å². The Labute approximate surface area is 133 Å². The van der Waals surface area contributed by atoms with Crippen molar-refractivity contribution in [2.75, 3.05) is 26.2 Å². The van der Waals surface area contributed by atoms with Crippen molar-refractivity contribution in [3.05, 3.63) is 16.0 Å². The molecule has 1 fully saturated rings. The summed E-state index contributed by atoms with van der Waals surface area (Å²) in [6, 6.07) is 0.975. The Kier molecular flexibility index (Phi) is 4.94. The van der Waals surface area contributed by atoms with Gasteiger partial charge in [-0.05, 0) is 25.5 Å². The van der Waals surface area contributed by atoms with Crippen LogP contribution >= 0.6 is 22.9 Å². The molecule has 9 heteroatoms. The number of sulfonamides is 1. The summed E-state index contributed by atoms with van der Waals surface area (Å²) in [6.07, 6.45) is 0. The van der Waals surface area contributed by atoms with E-state index < -0.39 is 22.0 Å². The van der Waals surface area contributed by atoms with Crippen LogP contribution in [-0.2, 0) is 14.8 Å². The second kappa shape index (κ2) is 6.21. The van der Waals surface area contributed by atoms with E-state index in [1.807, 2.05) is 0 Å². The highest BCUT2D eigenvalue weighted by molar-refractivity contribution is 7.91. The molecule has 6 nitrogen and oxygen atoms in total. The number of piperazine rings is 1. The maximum Gasteiger partial charge on any atom is 0.320 e. The lowest BCUT2D eigenvalue weighted by atomic mass is 10.2. The minimum absolute atomic E-state index is 0.240. The van der Waals surface area contributed by atoms with Gasteiger partial charge < -0.3 is 5.11 Å². The van der Waals surface area contributed by atoms with Crippen LogP contribution in [0.3, 0.4) is 0 Å². The molecule has 1 aliphatic heterocycles. The predicted molar refractivity (Wildman–Crippen MR) is 81.5 cm³/mol. The Morgan fingerprint density at radius 1 is 1.38 bits per heavy atom. The normalized spacial score (nSPS) is 19.6. The van der Waals surface area contributed by atoms with E-state index in [0.29, 0.717) is 17.4 Å². The van der Waals surface area contributed by atoms with Gasteiger partial charge in [0.2, 0.25) is 0 Å². The summed E-state index contributed by atoms with van der Waals surface area (Å²) >= 11 is 6.99. The number of aryl methyl sites for hydroxylation is 1. The standard InChI is InChI=1S/C12H17ClN2O4S2/c1-8-7-10(20-11(8)13)21(18,19)15-5-3-14(4-6-15)9(2)12(16)17/h7,9H,3-6H2,1-2H3,(H,16,17). The molecule has 0 aromatic carbocycles. The van der Waals surface area contributed by atoms with Crippen LogP contribution < -0.4 is 0 Å². The molecule has 1 atom stereocenters. The molecule has 0 spiro atoms. The Balaban J connectivity index is 2.09. The highest BCUT2D eigenvalue weighted by atomic mass is 35.5. The van der Waals surface area contributed by atoms with Crippen molar-refractivity contribution in [1.82, 2.24) is 9.21 Å². The molecule has 1 N–H and O–H groups in total. The summed E-state index contributed by atoms with van der Waals surface area (Å²) in [5.74, 6) is -0.896. The summed E-state index contributed by atoms with van der Waals surface area (Å²) in [4.78, 5) is 12.7. The monoisotopic (exact) mass is 352 g/mol. The molecule has 118 valence electrons. The number of hydrogen-bond acceptors (Lipinski definition) is 5. The molecule has 1 aromatic heterocycles. The second-order valence-electron chi connectivity index (χ2n) is 4.98. The first-order valence-corrected chi connectivity index (χ1v) is 9.10. The molecule has 0 saturated carbocycles. The third kappa shape index (κ3) is 3.40. The first kappa shape index (κ1) is 16.7. The number of carbonyl (C=O) groups is 1. The molecule has 0 aliphatic carbocycles. The maximum absolute atomic E-state index is 12.5. The minimum Gasteiger partial charge on any atom is -0.480 e. The molecule has 1 saturated heterocycles. The molecule has 2 rings (SSSR count). The van der Waals surface area contributed by atoms with Crippen LogP contribution in [-0.4, -0.2) is 60.9 Å². The Hall–Kier alpha value is -0.670. The predicted octanol–water partition coefficient (Wildman–Crippen LogP) is 1.49. The van der Waals surface area contributed by atoms with Gasteiger partial charge in [0.25, 0.3) is 10.0 Å². The minimum atomic E-state index is -3.54. The van der Waals surface area contributed by atoms with E-state index in [-0.39, 0.29) is 17.3 Å². The summed E-state index contributed by atoms with van der Waals surface area (Å²) in [6.45, 7) is 4.76. The quantitative estimate of drug-likeness (QED) is 0.888. The molecule has 2 heterocycles. The lowest BCUT2D eigenvalue weighted by Gasteiger charge is -2.35. The van der Waals surface area contributed by atoms with Crippen molar-refractivity contribution in [1.29, 1.82) is 0 Å². The van der Waals surface area contributed by atoms with Crippen LogP contribution in [0.15, 0.2) is 10.3 Å². The van der Waals surface area contributed by atoms with E-state index >= 15 is 0 Å². The van der Waals surface area contributed by atoms with Crippen LogP contribution in [0.25, 0.3) is 0 Å². The van der Waals surface area contributed by atoms with E-state index in [9.17, 15) is 13.2 Å². The third-order valence-corrected chi connectivity index (χ3v) is 7.51. The van der Waals surface area contributed by atoms with Crippen LogP contribution in [0.5, 0.6) is 0 Å². The van der Waals surface area contributed by atoms with Gasteiger partial charge in [0.15, 0.2) is 0 Å². The van der Waals surface area contributed by atoms with Crippen molar-refractivity contribution in [2.24, 2.45) is 0 Å².